The van der Waals surface area contributed by atoms with E-state index in [0.717, 1.165) is 17.2 Å². The molecule has 0 aliphatic rings. The summed E-state index contributed by atoms with van der Waals surface area (Å²) in [4.78, 5) is 16.6. The molecule has 0 spiro atoms. The van der Waals surface area contributed by atoms with Crippen molar-refractivity contribution in [1.82, 2.24) is 24.6 Å². The number of carbonyl (C=O) groups excluding carboxylic acids is 1. The van der Waals surface area contributed by atoms with Gasteiger partial charge in [0.05, 0.1) is 11.4 Å². The van der Waals surface area contributed by atoms with Gasteiger partial charge in [0, 0.05) is 44.2 Å². The molecule has 152 valence electrons. The summed E-state index contributed by atoms with van der Waals surface area (Å²) in [7, 11) is 1.92. The Morgan fingerprint density at radius 2 is 1.83 bits per heavy atom. The highest BCUT2D eigenvalue weighted by Crippen LogP contribution is 2.14. The lowest BCUT2D eigenvalue weighted by molar-refractivity contribution is 0.0954. The monoisotopic (exact) mass is 401 g/mol. The van der Waals surface area contributed by atoms with Gasteiger partial charge in [0.25, 0.3) is 5.91 Å². The largest absolute Gasteiger partial charge is 0.486 e. The summed E-state index contributed by atoms with van der Waals surface area (Å²) in [5, 5.41) is 7.49. The summed E-state index contributed by atoms with van der Waals surface area (Å²) < 4.78 is 9.46. The van der Waals surface area contributed by atoms with Gasteiger partial charge in [-0.05, 0) is 42.5 Å². The third-order valence-electron chi connectivity index (χ3n) is 4.74. The Hall–Kier alpha value is -3.87. The molecule has 0 fully saturated rings. The van der Waals surface area contributed by atoms with Crippen molar-refractivity contribution in [3.8, 4) is 11.4 Å². The second-order valence-electron chi connectivity index (χ2n) is 6.86. The minimum Gasteiger partial charge on any atom is -0.486 e. The van der Waals surface area contributed by atoms with E-state index in [9.17, 15) is 4.79 Å². The van der Waals surface area contributed by atoms with Gasteiger partial charge < -0.3 is 14.6 Å². The summed E-state index contributed by atoms with van der Waals surface area (Å²) in [5.74, 6) is 1.42. The topological polar surface area (TPSA) is 74.0 Å². The molecule has 1 amide bonds. The first kappa shape index (κ1) is 19.4. The van der Waals surface area contributed by atoms with Crippen LogP contribution < -0.4 is 10.1 Å². The number of nitrogens with zero attached hydrogens (tertiary/aromatic N) is 4. The quantitative estimate of drug-likeness (QED) is 0.492. The number of ether oxygens (including phenoxy) is 1. The highest BCUT2D eigenvalue weighted by molar-refractivity contribution is 5.94. The molecule has 0 radical (unpaired) electrons. The molecule has 1 N–H and O–H groups in total. The molecule has 4 rings (SSSR count). The van der Waals surface area contributed by atoms with Gasteiger partial charge >= 0.3 is 0 Å². The Balaban J connectivity index is 1.25. The standard InChI is InChI=1S/C23H23N5O2/c1-27-16-14-24-22(27)17-30-21-9-7-18(8-10-21)23(29)25-13-11-19-12-15-28(26-19)20-5-3-2-4-6-20/h2-10,12,14-16H,11,13,17H2,1H3,(H,25,29). The van der Waals surface area contributed by atoms with Crippen LogP contribution in [0.5, 0.6) is 5.75 Å². The zero-order valence-corrected chi connectivity index (χ0v) is 16.7. The summed E-state index contributed by atoms with van der Waals surface area (Å²) in [6, 6.07) is 19.0. The van der Waals surface area contributed by atoms with Gasteiger partial charge in [-0.15, -0.1) is 0 Å². The van der Waals surface area contributed by atoms with E-state index in [4.69, 9.17) is 4.74 Å². The number of amides is 1. The van der Waals surface area contributed by atoms with Crippen LogP contribution in [0.15, 0.2) is 79.3 Å². The van der Waals surface area contributed by atoms with Gasteiger partial charge in [-0.1, -0.05) is 18.2 Å². The van der Waals surface area contributed by atoms with E-state index in [1.54, 1.807) is 30.5 Å². The van der Waals surface area contributed by atoms with E-state index in [-0.39, 0.29) is 5.91 Å². The molecular weight excluding hydrogens is 378 g/mol. The van der Waals surface area contributed by atoms with Crippen molar-refractivity contribution in [2.24, 2.45) is 7.05 Å². The van der Waals surface area contributed by atoms with Crippen molar-refractivity contribution in [3.05, 3.63) is 96.3 Å². The SMILES string of the molecule is Cn1ccnc1COc1ccc(C(=O)NCCc2ccn(-c3ccccc3)n2)cc1. The first-order chi connectivity index (χ1) is 14.7. The summed E-state index contributed by atoms with van der Waals surface area (Å²) in [6.45, 7) is 0.896. The van der Waals surface area contributed by atoms with Gasteiger partial charge in [-0.3, -0.25) is 4.79 Å². The van der Waals surface area contributed by atoms with Crippen LogP contribution in [-0.2, 0) is 20.1 Å². The van der Waals surface area contributed by atoms with Crippen molar-refractivity contribution < 1.29 is 9.53 Å². The summed E-state index contributed by atoms with van der Waals surface area (Å²) in [5.41, 5.74) is 2.53. The molecule has 0 atom stereocenters. The lowest BCUT2D eigenvalue weighted by atomic mass is 10.2. The summed E-state index contributed by atoms with van der Waals surface area (Å²) >= 11 is 0. The fourth-order valence-electron chi connectivity index (χ4n) is 3.01. The molecule has 4 aromatic rings. The molecule has 0 aliphatic carbocycles. The van der Waals surface area contributed by atoms with Gasteiger partial charge in [-0.25, -0.2) is 9.67 Å². The lowest BCUT2D eigenvalue weighted by Crippen LogP contribution is -2.25. The van der Waals surface area contributed by atoms with Gasteiger partial charge in [0.15, 0.2) is 0 Å². The molecule has 7 heteroatoms. The van der Waals surface area contributed by atoms with Crippen molar-refractivity contribution in [2.75, 3.05) is 6.54 Å². The van der Waals surface area contributed by atoms with E-state index >= 15 is 0 Å². The van der Waals surface area contributed by atoms with E-state index in [1.165, 1.54) is 0 Å². The molecule has 0 saturated carbocycles. The average molecular weight is 401 g/mol. The number of imidazole rings is 1. The highest BCUT2D eigenvalue weighted by Gasteiger charge is 2.07. The molecule has 0 unspecified atom stereocenters. The smallest absolute Gasteiger partial charge is 0.251 e. The Bertz CT molecular complexity index is 1100. The highest BCUT2D eigenvalue weighted by atomic mass is 16.5. The van der Waals surface area contributed by atoms with Crippen molar-refractivity contribution >= 4 is 5.91 Å². The maximum absolute atomic E-state index is 12.4. The number of rotatable bonds is 8. The third-order valence-corrected chi connectivity index (χ3v) is 4.74. The maximum atomic E-state index is 12.4. The molecule has 2 aromatic heterocycles. The van der Waals surface area contributed by atoms with Crippen LogP contribution in [0.3, 0.4) is 0 Å². The minimum absolute atomic E-state index is 0.117. The molecule has 2 heterocycles. The molecule has 30 heavy (non-hydrogen) atoms. The number of hydrogen-bond acceptors (Lipinski definition) is 4. The molecule has 7 nitrogen and oxygen atoms in total. The number of hydrogen-bond donors (Lipinski definition) is 1. The molecule has 0 bridgehead atoms. The average Bonchev–Trinajstić information content (AvgIpc) is 3.42. The predicted octanol–water partition coefficient (Wildman–Crippen LogP) is 3.16. The minimum atomic E-state index is -0.117. The molecule has 0 aliphatic heterocycles. The number of aromatic nitrogens is 4. The number of aryl methyl sites for hydroxylation is 1. The Morgan fingerprint density at radius 1 is 1.03 bits per heavy atom. The van der Waals surface area contributed by atoms with Crippen LogP contribution in [0.25, 0.3) is 5.69 Å². The number of carbonyl (C=O) groups is 1. The fourth-order valence-corrected chi connectivity index (χ4v) is 3.01. The van der Waals surface area contributed by atoms with E-state index < -0.39 is 0 Å². The number of benzene rings is 2. The fraction of sp³-hybridized carbons (Fsp3) is 0.174. The maximum Gasteiger partial charge on any atom is 0.251 e. The van der Waals surface area contributed by atoms with Gasteiger partial charge in [0.2, 0.25) is 0 Å². The zero-order chi connectivity index (χ0) is 20.8. The second kappa shape index (κ2) is 9.09. The zero-order valence-electron chi connectivity index (χ0n) is 16.7. The number of nitrogens with one attached hydrogen (secondary N) is 1. The Morgan fingerprint density at radius 3 is 2.57 bits per heavy atom. The Kier molecular flexibility index (Phi) is 5.89. The molecular formula is C23H23N5O2. The van der Waals surface area contributed by atoms with Crippen LogP contribution in [0.1, 0.15) is 21.9 Å². The summed E-state index contributed by atoms with van der Waals surface area (Å²) in [6.07, 6.45) is 6.20. The van der Waals surface area contributed by atoms with E-state index in [2.05, 4.69) is 15.4 Å². The van der Waals surface area contributed by atoms with Crippen LogP contribution >= 0.6 is 0 Å². The molecule has 0 saturated heterocycles. The Labute approximate surface area is 174 Å². The van der Waals surface area contributed by atoms with Crippen LogP contribution in [-0.4, -0.2) is 31.8 Å². The van der Waals surface area contributed by atoms with Crippen LogP contribution in [0.4, 0.5) is 0 Å². The van der Waals surface area contributed by atoms with E-state index in [0.29, 0.717) is 30.9 Å². The normalized spacial score (nSPS) is 10.7. The third kappa shape index (κ3) is 4.75. The van der Waals surface area contributed by atoms with E-state index in [1.807, 2.05) is 65.1 Å². The molecule has 2 aromatic carbocycles. The first-order valence-electron chi connectivity index (χ1n) is 9.76. The van der Waals surface area contributed by atoms with Crippen LogP contribution in [0, 0.1) is 0 Å². The van der Waals surface area contributed by atoms with Gasteiger partial charge in [-0.2, -0.15) is 5.10 Å². The predicted molar refractivity (Wildman–Crippen MR) is 114 cm³/mol. The lowest BCUT2D eigenvalue weighted by Gasteiger charge is -2.08. The van der Waals surface area contributed by atoms with Crippen molar-refractivity contribution in [3.63, 3.8) is 0 Å². The van der Waals surface area contributed by atoms with Crippen molar-refractivity contribution in [1.29, 1.82) is 0 Å². The van der Waals surface area contributed by atoms with Crippen LogP contribution in [0.2, 0.25) is 0 Å². The number of para-hydroxylation sites is 1. The van der Waals surface area contributed by atoms with Gasteiger partial charge in [0.1, 0.15) is 18.2 Å². The first-order valence-corrected chi connectivity index (χ1v) is 9.76. The van der Waals surface area contributed by atoms with Crippen molar-refractivity contribution in [2.45, 2.75) is 13.0 Å². The second-order valence-corrected chi connectivity index (χ2v) is 6.86.